The first-order valence-electron chi connectivity index (χ1n) is 10.7. The topological polar surface area (TPSA) is 68.2 Å². The lowest BCUT2D eigenvalue weighted by atomic mass is 10.0. The Kier molecular flexibility index (Phi) is 7.34. The van der Waals surface area contributed by atoms with Gasteiger partial charge in [0.15, 0.2) is 10.9 Å². The van der Waals surface area contributed by atoms with Gasteiger partial charge in [-0.2, -0.15) is 5.10 Å². The highest BCUT2D eigenvalue weighted by Gasteiger charge is 2.25. The van der Waals surface area contributed by atoms with E-state index in [9.17, 15) is 9.18 Å². The first kappa shape index (κ1) is 23.6. The monoisotopic (exact) mass is 494 g/mol. The molecular formula is C25H23FN4O2S2. The molecule has 0 bridgehead atoms. The number of ether oxygens (including phenoxy) is 1. The number of hydrogen-bond donors (Lipinski definition) is 2. The number of aromatic nitrogens is 2. The standard InChI is InChI=1S/C25H23FN4O2S2/c1-3-32-24(31)22-21(18-7-5-4-6-8-18)16(2)34-23(22)28-25(33)27-20-13-14-30(29-20)15-17-9-11-19(26)12-10-17/h4-14H,3,15H2,1-2H3,(H2,27,28,29,33). The van der Waals surface area contributed by atoms with Crippen LogP contribution >= 0.6 is 23.6 Å². The average molecular weight is 495 g/mol. The zero-order valence-electron chi connectivity index (χ0n) is 18.7. The Labute approximate surface area is 206 Å². The Balaban J connectivity index is 1.51. The number of benzene rings is 2. The number of aryl methyl sites for hydroxylation is 1. The summed E-state index contributed by atoms with van der Waals surface area (Å²) < 4.78 is 20.2. The van der Waals surface area contributed by atoms with Crippen LogP contribution in [0.5, 0.6) is 0 Å². The molecule has 0 radical (unpaired) electrons. The fourth-order valence-electron chi connectivity index (χ4n) is 3.53. The van der Waals surface area contributed by atoms with E-state index in [2.05, 4.69) is 15.7 Å². The van der Waals surface area contributed by atoms with Gasteiger partial charge in [-0.3, -0.25) is 4.68 Å². The highest BCUT2D eigenvalue weighted by Crippen LogP contribution is 2.40. The number of carbonyl (C=O) groups is 1. The minimum atomic E-state index is -0.403. The lowest BCUT2D eigenvalue weighted by Crippen LogP contribution is -2.20. The molecule has 0 aliphatic rings. The maximum absolute atomic E-state index is 13.1. The van der Waals surface area contributed by atoms with E-state index >= 15 is 0 Å². The fourth-order valence-corrected chi connectivity index (χ4v) is 4.87. The van der Waals surface area contributed by atoms with Crippen molar-refractivity contribution in [1.82, 2.24) is 9.78 Å². The number of carbonyl (C=O) groups excluding carboxylic acids is 1. The van der Waals surface area contributed by atoms with Crippen molar-refractivity contribution in [2.45, 2.75) is 20.4 Å². The van der Waals surface area contributed by atoms with Crippen LogP contribution in [0.1, 0.15) is 27.7 Å². The molecule has 0 spiro atoms. The zero-order valence-corrected chi connectivity index (χ0v) is 20.3. The van der Waals surface area contributed by atoms with Gasteiger partial charge in [0.25, 0.3) is 0 Å². The molecule has 4 aromatic rings. The molecule has 0 saturated carbocycles. The third-order valence-electron chi connectivity index (χ3n) is 4.99. The van der Waals surface area contributed by atoms with Crippen LogP contribution in [0.2, 0.25) is 0 Å². The van der Waals surface area contributed by atoms with Crippen LogP contribution in [-0.4, -0.2) is 27.5 Å². The minimum absolute atomic E-state index is 0.273. The number of thiocarbonyl (C=S) groups is 1. The Morgan fingerprint density at radius 1 is 1.12 bits per heavy atom. The van der Waals surface area contributed by atoms with Crippen molar-refractivity contribution in [3.05, 3.63) is 88.7 Å². The van der Waals surface area contributed by atoms with E-state index in [1.807, 2.05) is 37.3 Å². The summed E-state index contributed by atoms with van der Waals surface area (Å²) in [6.07, 6.45) is 1.81. The van der Waals surface area contributed by atoms with Gasteiger partial charge in [-0.05, 0) is 49.3 Å². The summed E-state index contributed by atoms with van der Waals surface area (Å²) in [5.74, 6) is -0.127. The van der Waals surface area contributed by atoms with Crippen LogP contribution < -0.4 is 10.6 Å². The minimum Gasteiger partial charge on any atom is -0.462 e. The van der Waals surface area contributed by atoms with Crippen LogP contribution in [0.4, 0.5) is 15.2 Å². The predicted molar refractivity (Wildman–Crippen MR) is 138 cm³/mol. The van der Waals surface area contributed by atoms with Gasteiger partial charge in [0.2, 0.25) is 0 Å². The van der Waals surface area contributed by atoms with E-state index < -0.39 is 5.97 Å². The number of hydrogen-bond acceptors (Lipinski definition) is 5. The summed E-state index contributed by atoms with van der Waals surface area (Å²) in [5, 5.41) is 11.6. The van der Waals surface area contributed by atoms with E-state index in [1.54, 1.807) is 36.0 Å². The number of esters is 1. The van der Waals surface area contributed by atoms with Gasteiger partial charge in [-0.1, -0.05) is 42.5 Å². The highest BCUT2D eigenvalue weighted by atomic mass is 32.1. The Morgan fingerprint density at radius 3 is 2.56 bits per heavy atom. The maximum atomic E-state index is 13.1. The van der Waals surface area contributed by atoms with E-state index in [1.165, 1.54) is 23.5 Å². The second kappa shape index (κ2) is 10.6. The molecule has 9 heteroatoms. The summed E-state index contributed by atoms with van der Waals surface area (Å²) >= 11 is 6.93. The highest BCUT2D eigenvalue weighted by molar-refractivity contribution is 7.80. The van der Waals surface area contributed by atoms with Gasteiger partial charge in [0, 0.05) is 22.7 Å². The summed E-state index contributed by atoms with van der Waals surface area (Å²) in [5.41, 5.74) is 3.16. The Bertz CT molecular complexity index is 1300. The van der Waals surface area contributed by atoms with Gasteiger partial charge >= 0.3 is 5.97 Å². The van der Waals surface area contributed by atoms with Crippen LogP contribution in [-0.2, 0) is 11.3 Å². The molecule has 0 atom stereocenters. The van der Waals surface area contributed by atoms with Crippen molar-refractivity contribution in [2.75, 3.05) is 17.2 Å². The largest absolute Gasteiger partial charge is 0.462 e. The van der Waals surface area contributed by atoms with Crippen molar-refractivity contribution in [3.63, 3.8) is 0 Å². The van der Waals surface area contributed by atoms with Crippen molar-refractivity contribution in [3.8, 4) is 11.1 Å². The Morgan fingerprint density at radius 2 is 1.85 bits per heavy atom. The molecular weight excluding hydrogens is 471 g/mol. The number of nitrogens with zero attached hydrogens (tertiary/aromatic N) is 2. The van der Waals surface area contributed by atoms with Gasteiger partial charge in [0.05, 0.1) is 13.2 Å². The summed E-state index contributed by atoms with van der Waals surface area (Å²) in [6.45, 7) is 4.52. The SMILES string of the molecule is CCOC(=O)c1c(NC(=S)Nc2ccn(Cc3ccc(F)cc3)n2)sc(C)c1-c1ccccc1. The van der Waals surface area contributed by atoms with E-state index in [-0.39, 0.29) is 12.4 Å². The van der Waals surface area contributed by atoms with Crippen molar-refractivity contribution in [2.24, 2.45) is 0 Å². The normalized spacial score (nSPS) is 10.7. The molecule has 4 rings (SSSR count). The van der Waals surface area contributed by atoms with Gasteiger partial charge < -0.3 is 15.4 Å². The lowest BCUT2D eigenvalue weighted by molar-refractivity contribution is 0.0529. The quantitative estimate of drug-likeness (QED) is 0.239. The summed E-state index contributed by atoms with van der Waals surface area (Å²) in [6, 6.07) is 17.8. The molecule has 2 N–H and O–H groups in total. The molecule has 2 heterocycles. The Hall–Kier alpha value is -3.56. The maximum Gasteiger partial charge on any atom is 0.341 e. The molecule has 0 aliphatic heterocycles. The third kappa shape index (κ3) is 5.49. The first-order valence-corrected chi connectivity index (χ1v) is 11.9. The van der Waals surface area contributed by atoms with Gasteiger partial charge in [-0.25, -0.2) is 9.18 Å². The van der Waals surface area contributed by atoms with Crippen LogP contribution in [0.15, 0.2) is 66.9 Å². The van der Waals surface area contributed by atoms with Crippen LogP contribution in [0.3, 0.4) is 0 Å². The number of rotatable bonds is 7. The molecule has 0 unspecified atom stereocenters. The van der Waals surface area contributed by atoms with Gasteiger partial charge in [-0.15, -0.1) is 11.3 Å². The third-order valence-corrected chi connectivity index (χ3v) is 6.22. The smallest absolute Gasteiger partial charge is 0.341 e. The number of anilines is 2. The second-order valence-corrected chi connectivity index (χ2v) is 9.06. The molecule has 2 aromatic heterocycles. The number of thiophene rings is 1. The first-order chi connectivity index (χ1) is 16.4. The number of nitrogens with one attached hydrogen (secondary N) is 2. The number of halogens is 1. The lowest BCUT2D eigenvalue weighted by Gasteiger charge is -2.11. The summed E-state index contributed by atoms with van der Waals surface area (Å²) in [7, 11) is 0. The molecule has 0 fully saturated rings. The molecule has 6 nitrogen and oxygen atoms in total. The molecule has 0 aliphatic carbocycles. The fraction of sp³-hybridized carbons (Fsp3) is 0.160. The van der Waals surface area contributed by atoms with Crippen LogP contribution in [0, 0.1) is 12.7 Å². The second-order valence-electron chi connectivity index (χ2n) is 7.43. The van der Waals surface area contributed by atoms with E-state index in [0.717, 1.165) is 21.6 Å². The van der Waals surface area contributed by atoms with Crippen molar-refractivity contribution in [1.29, 1.82) is 0 Å². The zero-order chi connectivity index (χ0) is 24.1. The van der Waals surface area contributed by atoms with E-state index in [4.69, 9.17) is 17.0 Å². The van der Waals surface area contributed by atoms with Crippen LogP contribution in [0.25, 0.3) is 11.1 Å². The molecule has 0 amide bonds. The van der Waals surface area contributed by atoms with Crippen molar-refractivity contribution < 1.29 is 13.9 Å². The van der Waals surface area contributed by atoms with E-state index in [0.29, 0.717) is 28.0 Å². The van der Waals surface area contributed by atoms with Crippen molar-refractivity contribution >= 4 is 45.5 Å². The average Bonchev–Trinajstić information content (AvgIpc) is 3.39. The predicted octanol–water partition coefficient (Wildman–Crippen LogP) is 6.09. The molecule has 174 valence electrons. The molecule has 34 heavy (non-hydrogen) atoms. The molecule has 0 saturated heterocycles. The molecule has 2 aromatic carbocycles. The summed E-state index contributed by atoms with van der Waals surface area (Å²) in [4.78, 5) is 13.8. The van der Waals surface area contributed by atoms with Gasteiger partial charge in [0.1, 0.15) is 16.4 Å².